The molecule has 8 nitrogen and oxygen atoms in total. The summed E-state index contributed by atoms with van der Waals surface area (Å²) in [6.45, 7) is 5.77. The number of carboxylic acid groups (broad SMARTS) is 1. The number of hydrogen-bond donors (Lipinski definition) is 1. The van der Waals surface area contributed by atoms with Crippen LogP contribution in [0, 0.1) is 11.8 Å². The minimum atomic E-state index is -4.87. The van der Waals surface area contributed by atoms with Gasteiger partial charge in [-0.2, -0.15) is 13.2 Å². The number of esters is 1. The van der Waals surface area contributed by atoms with Crippen molar-refractivity contribution in [1.29, 1.82) is 0 Å². The number of carbonyl (C=O) groups is 3. The maximum atomic E-state index is 13.7. The Morgan fingerprint density at radius 1 is 1.13 bits per heavy atom. The molecule has 1 saturated carbocycles. The Bertz CT molecular complexity index is 1190. The lowest BCUT2D eigenvalue weighted by Crippen LogP contribution is -2.43. The van der Waals surface area contributed by atoms with Crippen LogP contribution in [0.4, 0.5) is 18.9 Å². The normalized spacial score (nSPS) is 17.7. The number of aromatic nitrogens is 1. The molecule has 0 saturated heterocycles. The third-order valence-corrected chi connectivity index (χ3v) is 6.53. The summed E-state index contributed by atoms with van der Waals surface area (Å²) >= 11 is 0. The third-order valence-electron chi connectivity index (χ3n) is 6.53. The molecule has 206 valence electrons. The van der Waals surface area contributed by atoms with Crippen molar-refractivity contribution in [2.24, 2.45) is 11.8 Å². The summed E-state index contributed by atoms with van der Waals surface area (Å²) in [6, 6.07) is 4.35. The molecule has 1 aromatic carbocycles. The van der Waals surface area contributed by atoms with Gasteiger partial charge in [0.1, 0.15) is 11.3 Å². The molecule has 0 aliphatic heterocycles. The van der Waals surface area contributed by atoms with Crippen molar-refractivity contribution >= 4 is 23.5 Å². The zero-order valence-corrected chi connectivity index (χ0v) is 21.7. The predicted molar refractivity (Wildman–Crippen MR) is 132 cm³/mol. The van der Waals surface area contributed by atoms with Crippen molar-refractivity contribution in [1.82, 2.24) is 4.98 Å². The van der Waals surface area contributed by atoms with E-state index in [0.29, 0.717) is 12.0 Å². The van der Waals surface area contributed by atoms with Crippen molar-refractivity contribution in [3.8, 4) is 11.6 Å². The third kappa shape index (κ3) is 6.81. The average molecular weight is 537 g/mol. The average Bonchev–Trinajstić information content (AvgIpc) is 2.84. The second-order valence-electron chi connectivity index (χ2n) is 9.80. The van der Waals surface area contributed by atoms with E-state index < -0.39 is 36.0 Å². The van der Waals surface area contributed by atoms with Crippen LogP contribution in [-0.4, -0.2) is 41.1 Å². The maximum Gasteiger partial charge on any atom is 0.421 e. The van der Waals surface area contributed by atoms with E-state index in [1.807, 2.05) is 13.8 Å². The number of methoxy groups -OCH3 is 1. The number of alkyl halides is 3. The molecule has 3 rings (SSSR count). The fraction of sp³-hybridized carbons (Fsp3) is 0.481. The summed E-state index contributed by atoms with van der Waals surface area (Å²) in [4.78, 5) is 42.4. The second kappa shape index (κ2) is 11.8. The largest absolute Gasteiger partial charge is 0.481 e. The van der Waals surface area contributed by atoms with Crippen LogP contribution < -0.4 is 9.64 Å². The van der Waals surface area contributed by atoms with Gasteiger partial charge in [-0.15, -0.1) is 0 Å². The summed E-state index contributed by atoms with van der Waals surface area (Å²) in [6.07, 6.45) is -1.20. The fourth-order valence-electron chi connectivity index (χ4n) is 4.58. The molecule has 1 aliphatic carbocycles. The SMILES string of the molecule is COC(=O)c1cc(Oc2ncc(CC(=O)O)cc2C(F)(F)F)ccc1N(C(=O)C1CCC(C)CC1)C(C)C. The van der Waals surface area contributed by atoms with E-state index in [2.05, 4.69) is 11.9 Å². The number of amides is 1. The first-order chi connectivity index (χ1) is 17.8. The summed E-state index contributed by atoms with van der Waals surface area (Å²) in [7, 11) is 1.16. The predicted octanol–water partition coefficient (Wildman–Crippen LogP) is 5.87. The molecule has 0 atom stereocenters. The molecule has 38 heavy (non-hydrogen) atoms. The van der Waals surface area contributed by atoms with Crippen LogP contribution in [0.25, 0.3) is 0 Å². The van der Waals surface area contributed by atoms with Crippen molar-refractivity contribution < 1.29 is 42.1 Å². The van der Waals surface area contributed by atoms with Gasteiger partial charge in [0.2, 0.25) is 11.8 Å². The number of ether oxygens (including phenoxy) is 2. The van der Waals surface area contributed by atoms with Gasteiger partial charge in [-0.05, 0) is 75.3 Å². The summed E-state index contributed by atoms with van der Waals surface area (Å²) in [5, 5.41) is 8.90. The van der Waals surface area contributed by atoms with E-state index in [1.165, 1.54) is 23.1 Å². The van der Waals surface area contributed by atoms with E-state index in [9.17, 15) is 27.6 Å². The van der Waals surface area contributed by atoms with E-state index >= 15 is 0 Å². The Kier molecular flexibility index (Phi) is 9.01. The highest BCUT2D eigenvalue weighted by Gasteiger charge is 2.37. The number of benzene rings is 1. The van der Waals surface area contributed by atoms with Gasteiger partial charge < -0.3 is 19.5 Å². The zero-order valence-electron chi connectivity index (χ0n) is 21.7. The Labute approximate surface area is 218 Å². The molecule has 1 N–H and O–H groups in total. The molecule has 11 heteroatoms. The molecule has 0 unspecified atom stereocenters. The second-order valence-corrected chi connectivity index (χ2v) is 9.80. The van der Waals surface area contributed by atoms with Gasteiger partial charge in [0, 0.05) is 18.2 Å². The summed E-state index contributed by atoms with van der Waals surface area (Å²) in [5.41, 5.74) is -1.19. The van der Waals surface area contributed by atoms with Crippen molar-refractivity contribution in [3.05, 3.63) is 47.2 Å². The van der Waals surface area contributed by atoms with Gasteiger partial charge in [0.05, 0.1) is 24.8 Å². The van der Waals surface area contributed by atoms with Gasteiger partial charge in [0.15, 0.2) is 0 Å². The first-order valence-corrected chi connectivity index (χ1v) is 12.3. The minimum Gasteiger partial charge on any atom is -0.481 e. The zero-order chi connectivity index (χ0) is 28.2. The molecule has 1 aromatic heterocycles. The Balaban J connectivity index is 2.00. The lowest BCUT2D eigenvalue weighted by atomic mass is 9.82. The number of carboxylic acids is 1. The highest BCUT2D eigenvalue weighted by atomic mass is 19.4. The van der Waals surface area contributed by atoms with Crippen LogP contribution in [0.5, 0.6) is 11.6 Å². The van der Waals surface area contributed by atoms with Crippen LogP contribution in [0.15, 0.2) is 30.5 Å². The number of carbonyl (C=O) groups excluding carboxylic acids is 2. The number of halogens is 3. The molecule has 1 fully saturated rings. The van der Waals surface area contributed by atoms with Gasteiger partial charge in [-0.25, -0.2) is 9.78 Å². The highest BCUT2D eigenvalue weighted by Crippen LogP contribution is 2.39. The lowest BCUT2D eigenvalue weighted by molar-refractivity contribution is -0.139. The molecule has 0 spiro atoms. The van der Waals surface area contributed by atoms with Crippen LogP contribution >= 0.6 is 0 Å². The summed E-state index contributed by atoms with van der Waals surface area (Å²) < 4.78 is 51.4. The molecule has 1 heterocycles. The monoisotopic (exact) mass is 536 g/mol. The maximum absolute atomic E-state index is 13.7. The molecule has 0 bridgehead atoms. The Hall–Kier alpha value is -3.63. The molecule has 2 aromatic rings. The topological polar surface area (TPSA) is 106 Å². The number of pyridine rings is 1. The first kappa shape index (κ1) is 28.9. The number of anilines is 1. The van der Waals surface area contributed by atoms with Gasteiger partial charge in [-0.3, -0.25) is 9.59 Å². The van der Waals surface area contributed by atoms with Crippen molar-refractivity contribution in [2.75, 3.05) is 12.0 Å². The van der Waals surface area contributed by atoms with Gasteiger partial charge in [-0.1, -0.05) is 6.92 Å². The van der Waals surface area contributed by atoms with Crippen LogP contribution in [0.3, 0.4) is 0 Å². The number of nitrogens with zero attached hydrogens (tertiary/aromatic N) is 2. The highest BCUT2D eigenvalue weighted by molar-refractivity contribution is 6.04. The Morgan fingerprint density at radius 3 is 2.34 bits per heavy atom. The van der Waals surface area contributed by atoms with Gasteiger partial charge in [0.25, 0.3) is 0 Å². The molecule has 0 radical (unpaired) electrons. The fourth-order valence-corrected chi connectivity index (χ4v) is 4.58. The van der Waals surface area contributed by atoms with Crippen molar-refractivity contribution in [3.63, 3.8) is 0 Å². The smallest absolute Gasteiger partial charge is 0.421 e. The minimum absolute atomic E-state index is 0.0488. The molecule has 1 amide bonds. The lowest BCUT2D eigenvalue weighted by Gasteiger charge is -2.34. The molecule has 1 aliphatic rings. The van der Waals surface area contributed by atoms with E-state index in [4.69, 9.17) is 14.6 Å². The van der Waals surface area contributed by atoms with Gasteiger partial charge >= 0.3 is 18.1 Å². The van der Waals surface area contributed by atoms with Crippen LogP contribution in [-0.2, 0) is 26.9 Å². The number of rotatable bonds is 8. The van der Waals surface area contributed by atoms with E-state index in [1.54, 1.807) is 0 Å². The first-order valence-electron chi connectivity index (χ1n) is 12.3. The standard InChI is InChI=1S/C27H31F3N2O6/c1-15(2)32(25(35)18-7-5-16(3)6-8-18)22-10-9-19(13-20(22)26(36)37-4)38-24-21(27(28,29)30)11-17(14-31-24)12-23(33)34/h9-11,13-16,18H,5-8,12H2,1-4H3,(H,33,34). The quantitative estimate of drug-likeness (QED) is 0.420. The molecular weight excluding hydrogens is 505 g/mol. The van der Waals surface area contributed by atoms with E-state index in [0.717, 1.165) is 39.0 Å². The Morgan fingerprint density at radius 2 is 1.79 bits per heavy atom. The summed E-state index contributed by atoms with van der Waals surface area (Å²) in [5.74, 6) is -2.81. The molecular formula is C27H31F3N2O6. The number of hydrogen-bond acceptors (Lipinski definition) is 6. The van der Waals surface area contributed by atoms with E-state index in [-0.39, 0.29) is 40.4 Å². The van der Waals surface area contributed by atoms with Crippen molar-refractivity contribution in [2.45, 2.75) is 65.1 Å². The van der Waals surface area contributed by atoms with Crippen LogP contribution in [0.2, 0.25) is 0 Å². The van der Waals surface area contributed by atoms with Crippen LogP contribution in [0.1, 0.15) is 67.9 Å². The number of aliphatic carboxylic acids is 1.